The van der Waals surface area contributed by atoms with Gasteiger partial charge in [0.25, 0.3) is 0 Å². The summed E-state index contributed by atoms with van der Waals surface area (Å²) < 4.78 is 17.5. The predicted molar refractivity (Wildman–Crippen MR) is 119 cm³/mol. The molecule has 0 aliphatic carbocycles. The van der Waals surface area contributed by atoms with Crippen LogP contribution in [0.5, 0.6) is 5.88 Å². The number of aromatic nitrogens is 1. The summed E-state index contributed by atoms with van der Waals surface area (Å²) in [5.74, 6) is 1.62. The highest BCUT2D eigenvalue weighted by atomic mass is 16.5. The third-order valence-electron chi connectivity index (χ3n) is 5.43. The lowest BCUT2D eigenvalue weighted by molar-refractivity contribution is -0.0721. The second kappa shape index (κ2) is 12.1. The van der Waals surface area contributed by atoms with Gasteiger partial charge in [-0.15, -0.1) is 0 Å². The summed E-state index contributed by atoms with van der Waals surface area (Å²) in [6.07, 6.45) is 8.23. The number of guanidine groups is 1. The molecule has 7 heteroatoms. The molecule has 0 radical (unpaired) electrons. The molecular formula is C23H38N4O3. The van der Waals surface area contributed by atoms with E-state index < -0.39 is 0 Å². The van der Waals surface area contributed by atoms with Gasteiger partial charge < -0.3 is 24.4 Å². The lowest BCUT2D eigenvalue weighted by Crippen LogP contribution is -2.47. The molecule has 0 saturated carbocycles. The molecule has 2 aliphatic heterocycles. The summed E-state index contributed by atoms with van der Waals surface area (Å²) in [6, 6.07) is 3.95. The molecule has 3 rings (SSSR count). The van der Waals surface area contributed by atoms with Gasteiger partial charge in [0, 0.05) is 38.5 Å². The molecule has 2 fully saturated rings. The summed E-state index contributed by atoms with van der Waals surface area (Å²) >= 11 is 0. The average Bonchev–Trinajstić information content (AvgIpc) is 2.77. The molecule has 1 aromatic rings. The molecule has 168 valence electrons. The van der Waals surface area contributed by atoms with E-state index in [-0.39, 0.29) is 6.10 Å². The van der Waals surface area contributed by atoms with E-state index in [4.69, 9.17) is 19.2 Å². The van der Waals surface area contributed by atoms with Gasteiger partial charge in [0.05, 0.1) is 31.5 Å². The highest BCUT2D eigenvalue weighted by molar-refractivity contribution is 5.80. The third-order valence-corrected chi connectivity index (χ3v) is 5.43. The molecule has 1 N–H and O–H groups in total. The van der Waals surface area contributed by atoms with E-state index in [9.17, 15) is 0 Å². The maximum atomic E-state index is 6.15. The smallest absolute Gasteiger partial charge is 0.213 e. The Labute approximate surface area is 181 Å². The minimum absolute atomic E-state index is 0.129. The Morgan fingerprint density at radius 3 is 2.73 bits per heavy atom. The fourth-order valence-electron chi connectivity index (χ4n) is 3.82. The molecule has 3 heterocycles. The second-order valence-corrected chi connectivity index (χ2v) is 8.35. The number of piperidine rings is 1. The van der Waals surface area contributed by atoms with Crippen LogP contribution in [0.3, 0.4) is 0 Å². The summed E-state index contributed by atoms with van der Waals surface area (Å²) in [6.45, 7) is 11.1. The highest BCUT2D eigenvalue weighted by Gasteiger charge is 2.23. The van der Waals surface area contributed by atoms with Crippen LogP contribution < -0.4 is 10.1 Å². The number of hydrogen-bond donors (Lipinski definition) is 1. The normalized spacial score (nSPS) is 21.1. The molecule has 0 aromatic carbocycles. The van der Waals surface area contributed by atoms with Gasteiger partial charge in [0.1, 0.15) is 0 Å². The molecule has 1 atom stereocenters. The van der Waals surface area contributed by atoms with Crippen LogP contribution in [0.15, 0.2) is 23.3 Å². The van der Waals surface area contributed by atoms with Gasteiger partial charge in [0.15, 0.2) is 5.96 Å². The highest BCUT2D eigenvalue weighted by Crippen LogP contribution is 2.18. The van der Waals surface area contributed by atoms with Gasteiger partial charge >= 0.3 is 0 Å². The van der Waals surface area contributed by atoms with Crippen LogP contribution in [0.2, 0.25) is 0 Å². The van der Waals surface area contributed by atoms with Gasteiger partial charge in [-0.25, -0.2) is 9.98 Å². The van der Waals surface area contributed by atoms with Crippen molar-refractivity contribution in [3.05, 3.63) is 23.9 Å². The van der Waals surface area contributed by atoms with E-state index in [1.807, 2.05) is 32.2 Å². The number of aliphatic imine (C=N–C) groups is 1. The van der Waals surface area contributed by atoms with E-state index in [0.717, 1.165) is 63.6 Å². The fourth-order valence-corrected chi connectivity index (χ4v) is 3.82. The maximum absolute atomic E-state index is 6.15. The Kier molecular flexibility index (Phi) is 9.21. The Morgan fingerprint density at radius 1 is 1.27 bits per heavy atom. The molecule has 0 spiro atoms. The van der Waals surface area contributed by atoms with Crippen LogP contribution >= 0.6 is 0 Å². The molecule has 1 unspecified atom stereocenters. The molecule has 2 aliphatic rings. The summed E-state index contributed by atoms with van der Waals surface area (Å²) in [5.41, 5.74) is 1.08. The predicted octanol–water partition coefficient (Wildman–Crippen LogP) is 3.38. The zero-order valence-corrected chi connectivity index (χ0v) is 18.8. The maximum Gasteiger partial charge on any atom is 0.213 e. The van der Waals surface area contributed by atoms with Crippen LogP contribution in [-0.2, 0) is 16.0 Å². The molecule has 7 nitrogen and oxygen atoms in total. The first-order valence-electron chi connectivity index (χ1n) is 11.5. The third kappa shape index (κ3) is 7.43. The number of ether oxygens (including phenoxy) is 3. The van der Waals surface area contributed by atoms with Crippen molar-refractivity contribution in [3.63, 3.8) is 0 Å². The van der Waals surface area contributed by atoms with Gasteiger partial charge in [-0.05, 0) is 58.4 Å². The first-order valence-corrected chi connectivity index (χ1v) is 11.5. The number of hydrogen-bond acceptors (Lipinski definition) is 5. The van der Waals surface area contributed by atoms with E-state index >= 15 is 0 Å². The second-order valence-electron chi connectivity index (χ2n) is 8.35. The van der Waals surface area contributed by atoms with Crippen LogP contribution in [0.4, 0.5) is 0 Å². The Morgan fingerprint density at radius 2 is 2.10 bits per heavy atom. The number of rotatable bonds is 8. The lowest BCUT2D eigenvalue weighted by atomic mass is 10.1. The van der Waals surface area contributed by atoms with Crippen LogP contribution in [0, 0.1) is 0 Å². The quantitative estimate of drug-likeness (QED) is 0.516. The van der Waals surface area contributed by atoms with Crippen LogP contribution in [-0.4, -0.2) is 67.0 Å². The van der Waals surface area contributed by atoms with Crippen molar-refractivity contribution < 1.29 is 14.2 Å². The minimum atomic E-state index is 0.129. The monoisotopic (exact) mass is 418 g/mol. The Bertz CT molecular complexity index is 636. The number of likely N-dealkylation sites (tertiary alicyclic amines) is 1. The van der Waals surface area contributed by atoms with Crippen molar-refractivity contribution in [3.8, 4) is 5.88 Å². The van der Waals surface area contributed by atoms with Crippen molar-refractivity contribution in [1.82, 2.24) is 15.2 Å². The van der Waals surface area contributed by atoms with Crippen molar-refractivity contribution >= 4 is 5.96 Å². The van der Waals surface area contributed by atoms with E-state index in [1.54, 1.807) is 0 Å². The first-order chi connectivity index (χ1) is 14.6. The number of pyridine rings is 1. The van der Waals surface area contributed by atoms with Crippen LogP contribution in [0.1, 0.15) is 58.4 Å². The number of nitrogens with one attached hydrogen (secondary N) is 1. The van der Waals surface area contributed by atoms with Crippen LogP contribution in [0.25, 0.3) is 0 Å². The van der Waals surface area contributed by atoms with Crippen molar-refractivity contribution in [2.24, 2.45) is 4.99 Å². The molecule has 2 saturated heterocycles. The summed E-state index contributed by atoms with van der Waals surface area (Å²) in [4.78, 5) is 11.5. The standard InChI is InChI=1S/C23H38N4O3/c1-4-24-23(26-16-19-8-9-22(25-15-19)30-18(2)3)27-12-10-20(11-13-27)29-17-21-7-5-6-14-28-21/h8-9,15,18,20-21H,4-7,10-14,16-17H2,1-3H3,(H,24,26). The van der Waals surface area contributed by atoms with E-state index in [2.05, 4.69) is 22.1 Å². The zero-order chi connectivity index (χ0) is 21.2. The average molecular weight is 419 g/mol. The minimum Gasteiger partial charge on any atom is -0.475 e. The van der Waals surface area contributed by atoms with Gasteiger partial charge in [-0.1, -0.05) is 6.07 Å². The van der Waals surface area contributed by atoms with Crippen molar-refractivity contribution in [1.29, 1.82) is 0 Å². The lowest BCUT2D eigenvalue weighted by Gasteiger charge is -2.35. The molecule has 0 amide bonds. The molecule has 0 bridgehead atoms. The first kappa shape index (κ1) is 22.8. The fraction of sp³-hybridized carbons (Fsp3) is 0.739. The molecular weight excluding hydrogens is 380 g/mol. The SMILES string of the molecule is CCNC(=NCc1ccc(OC(C)C)nc1)N1CCC(OCC2CCCCO2)CC1. The topological polar surface area (TPSA) is 68.2 Å². The Hall–Kier alpha value is -1.86. The van der Waals surface area contributed by atoms with E-state index in [1.165, 1.54) is 12.8 Å². The van der Waals surface area contributed by atoms with Gasteiger partial charge in [-0.2, -0.15) is 0 Å². The van der Waals surface area contributed by atoms with Crippen molar-refractivity contribution in [2.45, 2.75) is 77.7 Å². The van der Waals surface area contributed by atoms with Gasteiger partial charge in [-0.3, -0.25) is 0 Å². The largest absolute Gasteiger partial charge is 0.475 e. The van der Waals surface area contributed by atoms with Crippen molar-refractivity contribution in [2.75, 3.05) is 32.8 Å². The zero-order valence-electron chi connectivity index (χ0n) is 18.8. The molecule has 1 aromatic heterocycles. The summed E-state index contributed by atoms with van der Waals surface area (Å²) in [7, 11) is 0. The molecule has 30 heavy (non-hydrogen) atoms. The van der Waals surface area contributed by atoms with Gasteiger partial charge in [0.2, 0.25) is 5.88 Å². The summed E-state index contributed by atoms with van der Waals surface area (Å²) in [5, 5.41) is 3.43. The van der Waals surface area contributed by atoms with E-state index in [0.29, 0.717) is 24.6 Å². The Balaban J connectivity index is 1.46. The number of nitrogens with zero attached hydrogens (tertiary/aromatic N) is 3.